The van der Waals surface area contributed by atoms with Crippen LogP contribution in [0, 0.1) is 0 Å². The van der Waals surface area contributed by atoms with Crippen molar-refractivity contribution >= 4 is 5.91 Å². The van der Waals surface area contributed by atoms with Gasteiger partial charge < -0.3 is 14.6 Å². The summed E-state index contributed by atoms with van der Waals surface area (Å²) >= 11 is 0. The highest BCUT2D eigenvalue weighted by Crippen LogP contribution is 2.30. The van der Waals surface area contributed by atoms with Crippen LogP contribution in [0.3, 0.4) is 0 Å². The fourth-order valence-electron chi connectivity index (χ4n) is 4.46. The lowest BCUT2D eigenvalue weighted by Gasteiger charge is -2.41. The monoisotopic (exact) mass is 332 g/mol. The van der Waals surface area contributed by atoms with Crippen molar-refractivity contribution in [2.45, 2.75) is 70.1 Å². The summed E-state index contributed by atoms with van der Waals surface area (Å²) in [6.45, 7) is 5.88. The Balaban J connectivity index is 1.47. The molecule has 0 radical (unpaired) electrons. The Kier molecular flexibility index (Phi) is 4.59. The molecule has 1 amide bonds. The Bertz CT molecular complexity index is 588. The minimum atomic E-state index is -0.00591. The highest BCUT2D eigenvalue weighted by atomic mass is 16.5. The molecule has 1 aliphatic carbocycles. The summed E-state index contributed by atoms with van der Waals surface area (Å²) in [7, 11) is 0. The Morgan fingerprint density at radius 3 is 2.71 bits per heavy atom. The fourth-order valence-corrected chi connectivity index (χ4v) is 4.46. The van der Waals surface area contributed by atoms with Gasteiger partial charge in [0.05, 0.1) is 6.04 Å². The summed E-state index contributed by atoms with van der Waals surface area (Å²) < 4.78 is 7.66. The molecule has 0 spiro atoms. The number of nitrogens with one attached hydrogen (secondary N) is 1. The van der Waals surface area contributed by atoms with E-state index in [-0.39, 0.29) is 11.9 Å². The van der Waals surface area contributed by atoms with E-state index in [9.17, 15) is 4.79 Å². The number of nitrogens with zero attached hydrogens (tertiary/aromatic N) is 3. The lowest BCUT2D eigenvalue weighted by Crippen LogP contribution is -2.46. The lowest BCUT2D eigenvalue weighted by atomic mass is 10.0. The highest BCUT2D eigenvalue weighted by Gasteiger charge is 2.33. The van der Waals surface area contributed by atoms with E-state index < -0.39 is 0 Å². The molecule has 4 rings (SSSR count). The maximum absolute atomic E-state index is 12.5. The molecule has 1 atom stereocenters. The van der Waals surface area contributed by atoms with Gasteiger partial charge >= 0.3 is 0 Å². The van der Waals surface area contributed by atoms with Crippen molar-refractivity contribution in [1.29, 1.82) is 0 Å². The molecular formula is C18H28N4O2. The molecule has 3 aliphatic rings. The van der Waals surface area contributed by atoms with Crippen molar-refractivity contribution in [2.24, 2.45) is 0 Å². The molecule has 6 nitrogen and oxygen atoms in total. The van der Waals surface area contributed by atoms with Crippen LogP contribution in [0.2, 0.25) is 0 Å². The van der Waals surface area contributed by atoms with Gasteiger partial charge in [0.2, 0.25) is 0 Å². The van der Waals surface area contributed by atoms with Gasteiger partial charge in [0.1, 0.15) is 11.5 Å². The fraction of sp³-hybridized carbons (Fsp3) is 0.778. The maximum Gasteiger partial charge on any atom is 0.271 e. The quantitative estimate of drug-likeness (QED) is 0.921. The van der Waals surface area contributed by atoms with Gasteiger partial charge in [-0.15, -0.1) is 0 Å². The van der Waals surface area contributed by atoms with Crippen LogP contribution in [0.1, 0.15) is 67.8 Å². The molecule has 1 saturated carbocycles. The van der Waals surface area contributed by atoms with Gasteiger partial charge in [-0.1, -0.05) is 12.8 Å². The van der Waals surface area contributed by atoms with E-state index in [4.69, 9.17) is 9.72 Å². The summed E-state index contributed by atoms with van der Waals surface area (Å²) in [6, 6.07) is 1.18. The van der Waals surface area contributed by atoms with Crippen molar-refractivity contribution in [3.8, 4) is 0 Å². The van der Waals surface area contributed by atoms with Gasteiger partial charge in [-0.3, -0.25) is 9.69 Å². The molecule has 0 bridgehead atoms. The van der Waals surface area contributed by atoms with Crippen molar-refractivity contribution in [1.82, 2.24) is 19.8 Å². The minimum Gasteiger partial charge on any atom is -0.381 e. The van der Waals surface area contributed by atoms with Crippen LogP contribution in [-0.4, -0.2) is 52.2 Å². The average molecular weight is 332 g/mol. The standard InChI is InChI=1S/C18H28N4O2/c1-13-17-20-16(18(23)19-14-4-2-3-5-14)12-21(17)8-9-22(13)15-6-10-24-11-7-15/h12-15H,2-11H2,1H3,(H,19,23)/t13-/m0/s1. The van der Waals surface area contributed by atoms with Crippen LogP contribution in [0.5, 0.6) is 0 Å². The highest BCUT2D eigenvalue weighted by molar-refractivity contribution is 5.92. The van der Waals surface area contributed by atoms with Crippen LogP contribution in [0.25, 0.3) is 0 Å². The smallest absolute Gasteiger partial charge is 0.271 e. The van der Waals surface area contributed by atoms with Crippen molar-refractivity contribution in [3.63, 3.8) is 0 Å². The summed E-state index contributed by atoms with van der Waals surface area (Å²) in [5, 5.41) is 3.15. The second-order valence-corrected chi connectivity index (χ2v) is 7.39. The predicted molar refractivity (Wildman–Crippen MR) is 90.9 cm³/mol. The zero-order valence-electron chi connectivity index (χ0n) is 14.5. The second kappa shape index (κ2) is 6.84. The lowest BCUT2D eigenvalue weighted by molar-refractivity contribution is 0.00897. The first-order valence-electron chi connectivity index (χ1n) is 9.44. The number of carbonyl (C=O) groups excluding carboxylic acids is 1. The number of hydrogen-bond donors (Lipinski definition) is 1. The van der Waals surface area contributed by atoms with Crippen molar-refractivity contribution < 1.29 is 9.53 Å². The number of aromatic nitrogens is 2. The molecule has 6 heteroatoms. The zero-order valence-corrected chi connectivity index (χ0v) is 14.5. The van der Waals surface area contributed by atoms with Crippen molar-refractivity contribution in [2.75, 3.05) is 19.8 Å². The number of rotatable bonds is 3. The summed E-state index contributed by atoms with van der Waals surface area (Å²) in [5.74, 6) is 1.03. The van der Waals surface area contributed by atoms with Crippen LogP contribution >= 0.6 is 0 Å². The Morgan fingerprint density at radius 2 is 1.96 bits per heavy atom. The average Bonchev–Trinajstić information content (AvgIpc) is 3.25. The number of imidazole rings is 1. The van der Waals surface area contributed by atoms with Gasteiger partial charge in [-0.2, -0.15) is 0 Å². The normalized spacial score (nSPS) is 26.5. The van der Waals surface area contributed by atoms with E-state index in [2.05, 4.69) is 21.7 Å². The van der Waals surface area contributed by atoms with Gasteiger partial charge in [0.15, 0.2) is 0 Å². The van der Waals surface area contributed by atoms with Gasteiger partial charge in [-0.25, -0.2) is 4.98 Å². The van der Waals surface area contributed by atoms with Crippen LogP contribution in [-0.2, 0) is 11.3 Å². The van der Waals surface area contributed by atoms with E-state index in [1.165, 1.54) is 12.8 Å². The molecule has 3 heterocycles. The summed E-state index contributed by atoms with van der Waals surface area (Å²) in [4.78, 5) is 19.7. The van der Waals surface area contributed by atoms with Gasteiger partial charge in [0.25, 0.3) is 5.91 Å². The third-order valence-electron chi connectivity index (χ3n) is 5.86. The number of carbonyl (C=O) groups is 1. The number of hydrogen-bond acceptors (Lipinski definition) is 4. The zero-order chi connectivity index (χ0) is 16.5. The Labute approximate surface area is 143 Å². The van der Waals surface area contributed by atoms with E-state index in [1.807, 2.05) is 6.20 Å². The molecular weight excluding hydrogens is 304 g/mol. The number of fused-ring (bicyclic) bond motifs is 1. The van der Waals surface area contributed by atoms with Crippen LogP contribution in [0.4, 0.5) is 0 Å². The molecule has 1 N–H and O–H groups in total. The first kappa shape index (κ1) is 16.1. The molecule has 2 fully saturated rings. The van der Waals surface area contributed by atoms with E-state index in [0.29, 0.717) is 17.8 Å². The summed E-state index contributed by atoms with van der Waals surface area (Å²) in [6.07, 6.45) is 8.79. The molecule has 0 aromatic carbocycles. The maximum atomic E-state index is 12.5. The predicted octanol–water partition coefficient (Wildman–Crippen LogP) is 2.11. The number of amides is 1. The Morgan fingerprint density at radius 1 is 1.21 bits per heavy atom. The summed E-state index contributed by atoms with van der Waals surface area (Å²) in [5.41, 5.74) is 0.581. The van der Waals surface area contributed by atoms with Crippen molar-refractivity contribution in [3.05, 3.63) is 17.7 Å². The molecule has 132 valence electrons. The third kappa shape index (κ3) is 3.09. The minimum absolute atomic E-state index is 0.00591. The number of ether oxygens (including phenoxy) is 1. The topological polar surface area (TPSA) is 59.4 Å². The molecule has 24 heavy (non-hydrogen) atoms. The van der Waals surface area contributed by atoms with Crippen LogP contribution < -0.4 is 5.32 Å². The van der Waals surface area contributed by atoms with Crippen LogP contribution in [0.15, 0.2) is 6.20 Å². The van der Waals surface area contributed by atoms with Gasteiger partial charge in [0, 0.05) is 44.6 Å². The van der Waals surface area contributed by atoms with Gasteiger partial charge in [-0.05, 0) is 32.6 Å². The third-order valence-corrected chi connectivity index (χ3v) is 5.86. The first-order chi connectivity index (χ1) is 11.7. The molecule has 2 aliphatic heterocycles. The SMILES string of the molecule is C[C@H]1c2nc(C(=O)NC3CCCC3)cn2CCN1C1CCOCC1. The Hall–Kier alpha value is -1.40. The molecule has 0 unspecified atom stereocenters. The molecule has 1 aromatic rings. The van der Waals surface area contributed by atoms with E-state index >= 15 is 0 Å². The second-order valence-electron chi connectivity index (χ2n) is 7.39. The largest absolute Gasteiger partial charge is 0.381 e. The van der Waals surface area contributed by atoms with E-state index in [1.54, 1.807) is 0 Å². The molecule has 1 aromatic heterocycles. The first-order valence-corrected chi connectivity index (χ1v) is 9.44. The van der Waals surface area contributed by atoms with E-state index in [0.717, 1.165) is 57.8 Å². The molecule has 1 saturated heterocycles.